The normalized spacial score (nSPS) is 10.3. The van der Waals surface area contributed by atoms with E-state index < -0.39 is 4.92 Å². The number of halogens is 1. The maximum absolute atomic E-state index is 10.4. The van der Waals surface area contributed by atoms with Gasteiger partial charge in [-0.1, -0.05) is 0 Å². The molecule has 8 heteroatoms. The average Bonchev–Trinajstić information content (AvgIpc) is 2.60. The lowest BCUT2D eigenvalue weighted by molar-refractivity contribution is -0.680. The van der Waals surface area contributed by atoms with Gasteiger partial charge in [-0.15, -0.1) is 0 Å². The number of non-ortho nitro benzene ring substituents is 1. The second kappa shape index (κ2) is 3.89. The number of hydrogen-bond acceptors (Lipinski definition) is 5. The fourth-order valence-electron chi connectivity index (χ4n) is 1.12. The highest BCUT2D eigenvalue weighted by molar-refractivity contribution is 9.10. The first-order valence-corrected chi connectivity index (χ1v) is 4.90. The van der Waals surface area contributed by atoms with Crippen molar-refractivity contribution in [2.75, 3.05) is 0 Å². The van der Waals surface area contributed by atoms with Crippen molar-refractivity contribution in [1.82, 2.24) is 5.27 Å². The Morgan fingerprint density at radius 1 is 1.44 bits per heavy atom. The van der Waals surface area contributed by atoms with Crippen molar-refractivity contribution in [3.63, 3.8) is 0 Å². The van der Waals surface area contributed by atoms with Crippen LogP contribution in [0, 0.1) is 10.1 Å². The maximum atomic E-state index is 10.4. The van der Waals surface area contributed by atoms with Gasteiger partial charge in [-0.2, -0.15) is 0 Å². The van der Waals surface area contributed by atoms with E-state index in [-0.39, 0.29) is 16.2 Å². The number of rotatable bonds is 2. The summed E-state index contributed by atoms with van der Waals surface area (Å²) in [6.07, 6.45) is 0. The average molecular weight is 287 g/mol. The predicted molar refractivity (Wildman–Crippen MR) is 54.1 cm³/mol. The number of nitro benzene ring substituents is 1. The van der Waals surface area contributed by atoms with Crippen LogP contribution < -0.4 is 4.68 Å². The molecule has 1 aromatic heterocycles. The Bertz CT molecular complexity index is 537. The molecule has 0 spiro atoms. The van der Waals surface area contributed by atoms with Gasteiger partial charge < -0.3 is 5.11 Å². The molecule has 0 saturated heterocycles. The SMILES string of the molecule is O=[N+]([O-])c1ccc(-[n+]2noc(O)c2Br)cc1. The topological polar surface area (TPSA) is 93.3 Å². The molecule has 0 aliphatic carbocycles. The van der Waals surface area contributed by atoms with E-state index in [1.54, 1.807) is 0 Å². The van der Waals surface area contributed by atoms with Crippen molar-refractivity contribution in [3.8, 4) is 11.6 Å². The zero-order valence-corrected chi connectivity index (χ0v) is 9.29. The van der Waals surface area contributed by atoms with Gasteiger partial charge in [-0.3, -0.25) is 14.6 Å². The lowest BCUT2D eigenvalue weighted by Crippen LogP contribution is -2.33. The van der Waals surface area contributed by atoms with Crippen LogP contribution in [-0.2, 0) is 0 Å². The van der Waals surface area contributed by atoms with E-state index >= 15 is 0 Å². The molecule has 0 fully saturated rings. The third kappa shape index (κ3) is 1.74. The largest absolute Gasteiger partial charge is 0.474 e. The molecular weight excluding hydrogens is 282 g/mol. The second-order valence-electron chi connectivity index (χ2n) is 2.85. The van der Waals surface area contributed by atoms with E-state index in [9.17, 15) is 10.1 Å². The van der Waals surface area contributed by atoms with Crippen molar-refractivity contribution in [3.05, 3.63) is 39.0 Å². The molecule has 0 bridgehead atoms. The number of aromatic hydroxyl groups is 1. The van der Waals surface area contributed by atoms with Crippen molar-refractivity contribution in [1.29, 1.82) is 0 Å². The summed E-state index contributed by atoms with van der Waals surface area (Å²) in [5.74, 6) is -0.363. The lowest BCUT2D eigenvalue weighted by Gasteiger charge is -1.90. The van der Waals surface area contributed by atoms with Crippen LogP contribution in [0.5, 0.6) is 5.95 Å². The number of nitrogens with zero attached hydrogens (tertiary/aromatic N) is 3. The van der Waals surface area contributed by atoms with Crippen molar-refractivity contribution < 1.29 is 19.2 Å². The molecule has 0 radical (unpaired) electrons. The molecule has 0 atom stereocenters. The highest BCUT2D eigenvalue weighted by Gasteiger charge is 2.24. The molecule has 0 saturated carbocycles. The maximum Gasteiger partial charge on any atom is 0.396 e. The summed E-state index contributed by atoms with van der Waals surface area (Å²) in [7, 11) is 0. The van der Waals surface area contributed by atoms with Gasteiger partial charge in [0, 0.05) is 44.9 Å². The Labute approximate surface area is 97.2 Å². The molecule has 1 aromatic carbocycles. The van der Waals surface area contributed by atoms with Crippen molar-refractivity contribution in [2.45, 2.75) is 0 Å². The van der Waals surface area contributed by atoms with Crippen LogP contribution in [0.1, 0.15) is 0 Å². The number of nitro groups is 1. The molecule has 0 unspecified atom stereocenters. The molecule has 1 N–H and O–H groups in total. The Morgan fingerprint density at radius 3 is 2.50 bits per heavy atom. The zero-order valence-electron chi connectivity index (χ0n) is 7.70. The summed E-state index contributed by atoms with van der Waals surface area (Å²) >= 11 is 3.06. The third-order valence-electron chi connectivity index (χ3n) is 1.88. The molecule has 0 aliphatic heterocycles. The summed E-state index contributed by atoms with van der Waals surface area (Å²) < 4.78 is 6.02. The predicted octanol–water partition coefficient (Wildman–Crippen LogP) is 1.33. The Hall–Kier alpha value is -1.96. The minimum atomic E-state index is -0.496. The van der Waals surface area contributed by atoms with Gasteiger partial charge in [0.05, 0.1) is 4.92 Å². The Balaban J connectivity index is 2.42. The minimum absolute atomic E-state index is 0.0202. The summed E-state index contributed by atoms with van der Waals surface area (Å²) in [5, 5.41) is 23.1. The van der Waals surface area contributed by atoms with Crippen LogP contribution in [-0.4, -0.2) is 15.3 Å². The summed E-state index contributed by atoms with van der Waals surface area (Å²) in [5.41, 5.74) is 0.509. The molecule has 82 valence electrons. The van der Waals surface area contributed by atoms with Gasteiger partial charge in [-0.05, 0) is 0 Å². The smallest absolute Gasteiger partial charge is 0.396 e. The molecule has 16 heavy (non-hydrogen) atoms. The van der Waals surface area contributed by atoms with Crippen LogP contribution in [0.15, 0.2) is 33.4 Å². The first kappa shape index (κ1) is 10.6. The highest BCUT2D eigenvalue weighted by Crippen LogP contribution is 2.20. The molecule has 2 aromatic rings. The van der Waals surface area contributed by atoms with Gasteiger partial charge in [0.15, 0.2) is 0 Å². The first-order valence-electron chi connectivity index (χ1n) is 4.11. The molecule has 7 nitrogen and oxygen atoms in total. The number of hydrogen-bond donors (Lipinski definition) is 1. The third-order valence-corrected chi connectivity index (χ3v) is 2.55. The van der Waals surface area contributed by atoms with Crippen LogP contribution in [0.25, 0.3) is 5.69 Å². The van der Waals surface area contributed by atoms with E-state index in [1.807, 2.05) is 0 Å². The van der Waals surface area contributed by atoms with E-state index in [4.69, 9.17) is 5.11 Å². The van der Waals surface area contributed by atoms with Gasteiger partial charge >= 0.3 is 10.5 Å². The minimum Gasteiger partial charge on any atom is -0.474 e. The molecule has 0 amide bonds. The van der Waals surface area contributed by atoms with Crippen LogP contribution >= 0.6 is 15.9 Å². The number of benzene rings is 1. The van der Waals surface area contributed by atoms with E-state index in [0.717, 1.165) is 0 Å². The summed E-state index contributed by atoms with van der Waals surface area (Å²) in [6, 6.07) is 5.65. The number of aromatic nitrogens is 2. The van der Waals surface area contributed by atoms with Crippen LogP contribution in [0.2, 0.25) is 0 Å². The van der Waals surface area contributed by atoms with Gasteiger partial charge in [0.2, 0.25) is 11.0 Å². The Kier molecular flexibility index (Phi) is 2.57. The van der Waals surface area contributed by atoms with E-state index in [0.29, 0.717) is 5.69 Å². The Morgan fingerprint density at radius 2 is 2.06 bits per heavy atom. The van der Waals surface area contributed by atoms with Crippen LogP contribution in [0.4, 0.5) is 5.69 Å². The molecule has 2 rings (SSSR count). The van der Waals surface area contributed by atoms with Gasteiger partial charge in [-0.25, -0.2) is 0 Å². The summed E-state index contributed by atoms with van der Waals surface area (Å²) in [6.45, 7) is 0. The first-order chi connectivity index (χ1) is 7.59. The fourth-order valence-corrected chi connectivity index (χ4v) is 1.46. The van der Waals surface area contributed by atoms with E-state index in [2.05, 4.69) is 25.7 Å². The molecule has 0 aliphatic rings. The van der Waals surface area contributed by atoms with Crippen molar-refractivity contribution >= 4 is 21.6 Å². The second-order valence-corrected chi connectivity index (χ2v) is 3.61. The molecule has 1 heterocycles. The van der Waals surface area contributed by atoms with Crippen LogP contribution in [0.3, 0.4) is 0 Å². The zero-order chi connectivity index (χ0) is 11.7. The standard InChI is InChI=1S/C8H4BrN3O4/c9-7-8(13)16-10-11(7)5-1-3-6(4-2-5)12(14)15/h1-4H/p+1. The van der Waals surface area contributed by atoms with Gasteiger partial charge in [0.1, 0.15) is 0 Å². The summed E-state index contributed by atoms with van der Waals surface area (Å²) in [4.78, 5) is 9.94. The quantitative estimate of drug-likeness (QED) is 0.511. The monoisotopic (exact) mass is 286 g/mol. The lowest BCUT2D eigenvalue weighted by atomic mass is 10.3. The molecular formula is C8H5BrN3O4+. The van der Waals surface area contributed by atoms with Gasteiger partial charge in [0.25, 0.3) is 5.69 Å². The van der Waals surface area contributed by atoms with E-state index in [1.165, 1.54) is 28.9 Å². The highest BCUT2D eigenvalue weighted by atomic mass is 79.9. The van der Waals surface area contributed by atoms with Crippen molar-refractivity contribution in [2.24, 2.45) is 0 Å². The fraction of sp³-hybridized carbons (Fsp3) is 0.